The average Bonchev–Trinajstić information content (AvgIpc) is 2.85. The van der Waals surface area contributed by atoms with Gasteiger partial charge in [0.15, 0.2) is 0 Å². The summed E-state index contributed by atoms with van der Waals surface area (Å²) in [6, 6.07) is 2.72. The molecule has 2 N–H and O–H groups in total. The molecule has 0 aromatic carbocycles. The lowest BCUT2D eigenvalue weighted by Crippen LogP contribution is -2.23. The van der Waals surface area contributed by atoms with E-state index in [1.165, 1.54) is 36.3 Å². The van der Waals surface area contributed by atoms with E-state index in [1.54, 1.807) is 0 Å². The number of nitrogens with zero attached hydrogens (tertiary/aromatic N) is 3. The minimum Gasteiger partial charge on any atom is -0.358 e. The quantitative estimate of drug-likeness (QED) is 0.776. The lowest BCUT2D eigenvalue weighted by atomic mass is 10.5. The second-order valence-corrected chi connectivity index (χ2v) is 6.09. The van der Waals surface area contributed by atoms with Gasteiger partial charge >= 0.3 is 0 Å². The maximum atomic E-state index is 12.1. The van der Waals surface area contributed by atoms with Crippen molar-refractivity contribution >= 4 is 33.2 Å². The number of carbonyl (C=O) groups excluding carboxylic acids is 1. The average molecular weight is 330 g/mol. The predicted molar refractivity (Wildman–Crippen MR) is 76.3 cm³/mol. The van der Waals surface area contributed by atoms with Gasteiger partial charge in [-0.25, -0.2) is 13.4 Å². The highest BCUT2D eigenvalue weighted by Crippen LogP contribution is 2.15. The van der Waals surface area contributed by atoms with Crippen LogP contribution in [0.3, 0.4) is 0 Å². The van der Waals surface area contributed by atoms with Crippen LogP contribution in [0.1, 0.15) is 0 Å². The third-order valence-corrected chi connectivity index (χ3v) is 4.07. The molecule has 0 unspecified atom stereocenters. The molecule has 0 radical (unpaired) electrons. The van der Waals surface area contributed by atoms with Crippen molar-refractivity contribution in [2.24, 2.45) is 0 Å². The van der Waals surface area contributed by atoms with Gasteiger partial charge in [-0.2, -0.15) is 5.10 Å². The number of aromatic nitrogens is 3. The summed E-state index contributed by atoms with van der Waals surface area (Å²) in [5.41, 5.74) is 0.244. The standard InChI is InChI=1S/C11H12ClN5O3S/c1-13-11(18)7-17-6-8(4-15-17)16-21(19,20)9-2-3-10(12)14-5-9/h2-6,16H,7H2,1H3,(H,13,18). The molecule has 0 atom stereocenters. The minimum atomic E-state index is -3.78. The topological polar surface area (TPSA) is 106 Å². The Hall–Kier alpha value is -2.13. The SMILES string of the molecule is CNC(=O)Cn1cc(NS(=O)(=O)c2ccc(Cl)nc2)cn1. The summed E-state index contributed by atoms with van der Waals surface area (Å²) in [6.07, 6.45) is 3.87. The fourth-order valence-corrected chi connectivity index (χ4v) is 2.55. The van der Waals surface area contributed by atoms with E-state index in [-0.39, 0.29) is 28.2 Å². The molecule has 2 rings (SSSR count). The van der Waals surface area contributed by atoms with E-state index in [0.29, 0.717) is 0 Å². The zero-order chi connectivity index (χ0) is 15.5. The highest BCUT2D eigenvalue weighted by Gasteiger charge is 2.15. The number of hydrogen-bond acceptors (Lipinski definition) is 5. The molecule has 0 spiro atoms. The van der Waals surface area contributed by atoms with Crippen LogP contribution < -0.4 is 10.0 Å². The first kappa shape index (κ1) is 15.3. The number of sulfonamides is 1. The van der Waals surface area contributed by atoms with Crippen molar-refractivity contribution in [2.75, 3.05) is 11.8 Å². The number of nitrogens with one attached hydrogen (secondary N) is 2. The van der Waals surface area contributed by atoms with Crippen LogP contribution >= 0.6 is 11.6 Å². The van der Waals surface area contributed by atoms with E-state index in [4.69, 9.17) is 11.6 Å². The van der Waals surface area contributed by atoms with Crippen LogP contribution in [-0.4, -0.2) is 36.1 Å². The normalized spacial score (nSPS) is 11.1. The fourth-order valence-electron chi connectivity index (χ4n) is 1.46. The van der Waals surface area contributed by atoms with E-state index in [1.807, 2.05) is 0 Å². The second kappa shape index (κ2) is 6.10. The Kier molecular flexibility index (Phi) is 4.43. The lowest BCUT2D eigenvalue weighted by molar-refractivity contribution is -0.121. The van der Waals surface area contributed by atoms with Gasteiger partial charge in [0.05, 0.1) is 11.9 Å². The molecule has 2 heterocycles. The van der Waals surface area contributed by atoms with Crippen LogP contribution in [0.2, 0.25) is 5.15 Å². The molecule has 8 nitrogen and oxygen atoms in total. The summed E-state index contributed by atoms with van der Waals surface area (Å²) < 4.78 is 27.8. The molecule has 2 aromatic rings. The van der Waals surface area contributed by atoms with E-state index < -0.39 is 10.0 Å². The van der Waals surface area contributed by atoms with Crippen LogP contribution in [0.4, 0.5) is 5.69 Å². The molecule has 0 bridgehead atoms. The number of anilines is 1. The zero-order valence-corrected chi connectivity index (χ0v) is 12.5. The molecular formula is C11H12ClN5O3S. The summed E-state index contributed by atoms with van der Waals surface area (Å²) in [5, 5.41) is 6.53. The number of halogens is 1. The predicted octanol–water partition coefficient (Wildman–Crippen LogP) is 0.478. The molecule has 0 saturated carbocycles. The molecular weight excluding hydrogens is 318 g/mol. The molecule has 1 amide bonds. The van der Waals surface area contributed by atoms with Gasteiger partial charge in [0.2, 0.25) is 5.91 Å². The number of amides is 1. The van der Waals surface area contributed by atoms with E-state index in [0.717, 1.165) is 6.20 Å². The van der Waals surface area contributed by atoms with Crippen LogP contribution in [-0.2, 0) is 21.4 Å². The monoisotopic (exact) mass is 329 g/mol. The number of pyridine rings is 1. The Balaban J connectivity index is 2.14. The van der Waals surface area contributed by atoms with Crippen molar-refractivity contribution in [2.45, 2.75) is 11.4 Å². The van der Waals surface area contributed by atoms with Gasteiger partial charge < -0.3 is 5.32 Å². The van der Waals surface area contributed by atoms with Crippen LogP contribution in [0.5, 0.6) is 0 Å². The Bertz CT molecular complexity index is 741. The smallest absolute Gasteiger partial charge is 0.263 e. The number of hydrogen-bond donors (Lipinski definition) is 2. The molecule has 112 valence electrons. The van der Waals surface area contributed by atoms with E-state index >= 15 is 0 Å². The summed E-state index contributed by atoms with van der Waals surface area (Å²) in [6.45, 7) is 0.000722. The van der Waals surface area contributed by atoms with Gasteiger partial charge in [0, 0.05) is 19.4 Å². The first-order valence-corrected chi connectivity index (χ1v) is 7.64. The Morgan fingerprint density at radius 2 is 2.14 bits per heavy atom. The summed E-state index contributed by atoms with van der Waals surface area (Å²) >= 11 is 5.61. The van der Waals surface area contributed by atoms with Crippen LogP contribution in [0.15, 0.2) is 35.6 Å². The van der Waals surface area contributed by atoms with Gasteiger partial charge in [-0.15, -0.1) is 0 Å². The van der Waals surface area contributed by atoms with Gasteiger partial charge in [0.1, 0.15) is 16.6 Å². The van der Waals surface area contributed by atoms with E-state index in [2.05, 4.69) is 20.1 Å². The van der Waals surface area contributed by atoms with Crippen molar-refractivity contribution in [1.82, 2.24) is 20.1 Å². The van der Waals surface area contributed by atoms with Crippen molar-refractivity contribution in [3.8, 4) is 0 Å². The Labute approximate surface area is 126 Å². The lowest BCUT2D eigenvalue weighted by Gasteiger charge is -2.05. The van der Waals surface area contributed by atoms with Crippen molar-refractivity contribution in [3.63, 3.8) is 0 Å². The van der Waals surface area contributed by atoms with Crippen molar-refractivity contribution in [1.29, 1.82) is 0 Å². The van der Waals surface area contributed by atoms with Crippen LogP contribution in [0.25, 0.3) is 0 Å². The molecule has 21 heavy (non-hydrogen) atoms. The van der Waals surface area contributed by atoms with Crippen molar-refractivity contribution in [3.05, 3.63) is 35.9 Å². The zero-order valence-electron chi connectivity index (χ0n) is 10.9. The first-order valence-electron chi connectivity index (χ1n) is 5.78. The number of carbonyl (C=O) groups is 1. The largest absolute Gasteiger partial charge is 0.358 e. The molecule has 0 aliphatic heterocycles. The highest BCUT2D eigenvalue weighted by molar-refractivity contribution is 7.92. The molecule has 0 saturated heterocycles. The van der Waals surface area contributed by atoms with Crippen molar-refractivity contribution < 1.29 is 13.2 Å². The van der Waals surface area contributed by atoms with Crippen LogP contribution in [0, 0.1) is 0 Å². The van der Waals surface area contributed by atoms with Gasteiger partial charge in [0.25, 0.3) is 10.0 Å². The van der Waals surface area contributed by atoms with Gasteiger partial charge in [-0.05, 0) is 12.1 Å². The summed E-state index contributed by atoms with van der Waals surface area (Å²) in [4.78, 5) is 14.9. The Morgan fingerprint density at radius 1 is 1.38 bits per heavy atom. The minimum absolute atomic E-state index is 0.000722. The third kappa shape index (κ3) is 3.92. The fraction of sp³-hybridized carbons (Fsp3) is 0.182. The van der Waals surface area contributed by atoms with Gasteiger partial charge in [-0.1, -0.05) is 11.6 Å². The molecule has 10 heteroatoms. The summed E-state index contributed by atoms with van der Waals surface area (Å²) in [7, 11) is -2.27. The maximum absolute atomic E-state index is 12.1. The third-order valence-electron chi connectivity index (χ3n) is 2.48. The molecule has 0 aliphatic rings. The maximum Gasteiger partial charge on any atom is 0.263 e. The van der Waals surface area contributed by atoms with Gasteiger partial charge in [-0.3, -0.25) is 14.2 Å². The highest BCUT2D eigenvalue weighted by atomic mass is 35.5. The molecule has 0 fully saturated rings. The number of rotatable bonds is 5. The molecule has 0 aliphatic carbocycles. The van der Waals surface area contributed by atoms with E-state index in [9.17, 15) is 13.2 Å². The Morgan fingerprint density at radius 3 is 2.76 bits per heavy atom. The second-order valence-electron chi connectivity index (χ2n) is 4.02. The first-order chi connectivity index (χ1) is 9.90. The summed E-state index contributed by atoms with van der Waals surface area (Å²) in [5.74, 6) is -0.241. The number of likely N-dealkylation sites (N-methyl/N-ethyl adjacent to an activating group) is 1. The molecule has 2 aromatic heterocycles.